The average Bonchev–Trinajstić information content (AvgIpc) is 3.14. The number of hydrogen-bond donors (Lipinski definition) is 0. The summed E-state index contributed by atoms with van der Waals surface area (Å²) in [4.78, 5) is 14.8. The van der Waals surface area contributed by atoms with Crippen molar-refractivity contribution in [2.75, 3.05) is 5.75 Å². The van der Waals surface area contributed by atoms with Gasteiger partial charge in [0.2, 0.25) is 5.91 Å². The minimum atomic E-state index is 0.0864. The maximum atomic E-state index is 12.9. The molecule has 0 spiro atoms. The standard InChI is InChI=1S/C23H26N4OS/c1-4-15-26-22(20-13-9-6-10-14-20)24-25-23(26)29-17-21(28)27(18(2)3)16-19-11-7-5-8-12-19/h4-14,18H,1,15-17H2,2-3H3. The first-order valence-corrected chi connectivity index (χ1v) is 10.6. The summed E-state index contributed by atoms with van der Waals surface area (Å²) in [5.74, 6) is 1.18. The number of hydrogen-bond acceptors (Lipinski definition) is 4. The van der Waals surface area contributed by atoms with Crippen LogP contribution in [0.3, 0.4) is 0 Å². The lowest BCUT2D eigenvalue weighted by atomic mass is 10.2. The molecule has 29 heavy (non-hydrogen) atoms. The summed E-state index contributed by atoms with van der Waals surface area (Å²) in [6.45, 7) is 9.12. The molecule has 0 saturated heterocycles. The van der Waals surface area contributed by atoms with Gasteiger partial charge in [-0.1, -0.05) is 78.5 Å². The van der Waals surface area contributed by atoms with Crippen molar-refractivity contribution < 1.29 is 4.79 Å². The average molecular weight is 407 g/mol. The van der Waals surface area contributed by atoms with Crippen LogP contribution >= 0.6 is 11.8 Å². The molecule has 0 fully saturated rings. The fourth-order valence-electron chi connectivity index (χ4n) is 3.04. The van der Waals surface area contributed by atoms with Gasteiger partial charge in [-0.05, 0) is 19.4 Å². The highest BCUT2D eigenvalue weighted by Crippen LogP contribution is 2.24. The molecule has 0 radical (unpaired) electrons. The van der Waals surface area contributed by atoms with Crippen LogP contribution in [-0.4, -0.2) is 37.4 Å². The SMILES string of the molecule is C=CCn1c(SCC(=O)N(Cc2ccccc2)C(C)C)nnc1-c1ccccc1. The first-order valence-electron chi connectivity index (χ1n) is 9.66. The summed E-state index contributed by atoms with van der Waals surface area (Å²) in [6.07, 6.45) is 1.82. The number of allylic oxidation sites excluding steroid dienone is 1. The third-order valence-electron chi connectivity index (χ3n) is 4.52. The molecule has 5 nitrogen and oxygen atoms in total. The normalized spacial score (nSPS) is 10.9. The van der Waals surface area contributed by atoms with Crippen molar-refractivity contribution >= 4 is 17.7 Å². The Hall–Kier alpha value is -2.86. The molecular weight excluding hydrogens is 380 g/mol. The molecule has 150 valence electrons. The summed E-state index contributed by atoms with van der Waals surface area (Å²) in [6, 6.07) is 20.1. The van der Waals surface area contributed by atoms with Crippen LogP contribution < -0.4 is 0 Å². The zero-order valence-electron chi connectivity index (χ0n) is 16.9. The smallest absolute Gasteiger partial charge is 0.233 e. The van der Waals surface area contributed by atoms with E-state index in [2.05, 4.69) is 16.8 Å². The number of amides is 1. The molecular formula is C23H26N4OS. The second kappa shape index (κ2) is 10.1. The monoisotopic (exact) mass is 406 g/mol. The van der Waals surface area contributed by atoms with Gasteiger partial charge >= 0.3 is 0 Å². The van der Waals surface area contributed by atoms with E-state index in [1.807, 2.05) is 90.1 Å². The van der Waals surface area contributed by atoms with E-state index in [0.717, 1.165) is 22.1 Å². The summed E-state index contributed by atoms with van der Waals surface area (Å²) in [7, 11) is 0. The quantitative estimate of drug-likeness (QED) is 0.383. The van der Waals surface area contributed by atoms with Crippen molar-refractivity contribution in [3.05, 3.63) is 78.9 Å². The zero-order valence-corrected chi connectivity index (χ0v) is 17.7. The molecule has 1 amide bonds. The molecule has 3 aromatic rings. The van der Waals surface area contributed by atoms with Crippen molar-refractivity contribution in [1.82, 2.24) is 19.7 Å². The molecule has 1 aromatic heterocycles. The third-order valence-corrected chi connectivity index (χ3v) is 5.48. The van der Waals surface area contributed by atoms with E-state index in [4.69, 9.17) is 0 Å². The van der Waals surface area contributed by atoms with Gasteiger partial charge in [-0.25, -0.2) is 0 Å². The van der Waals surface area contributed by atoms with E-state index in [0.29, 0.717) is 18.8 Å². The second-order valence-electron chi connectivity index (χ2n) is 6.96. The van der Waals surface area contributed by atoms with Crippen LogP contribution in [0.15, 0.2) is 78.5 Å². The predicted molar refractivity (Wildman–Crippen MR) is 119 cm³/mol. The van der Waals surface area contributed by atoms with Crippen molar-refractivity contribution in [2.45, 2.75) is 38.1 Å². The zero-order chi connectivity index (χ0) is 20.6. The summed E-state index contributed by atoms with van der Waals surface area (Å²) < 4.78 is 2.00. The molecule has 0 bridgehead atoms. The Labute approximate surface area is 176 Å². The van der Waals surface area contributed by atoms with Crippen molar-refractivity contribution in [2.24, 2.45) is 0 Å². The summed E-state index contributed by atoms with van der Waals surface area (Å²) >= 11 is 1.42. The number of carbonyl (C=O) groups is 1. The maximum absolute atomic E-state index is 12.9. The van der Waals surface area contributed by atoms with Gasteiger partial charge in [-0.3, -0.25) is 9.36 Å². The first-order chi connectivity index (χ1) is 14.1. The topological polar surface area (TPSA) is 51.0 Å². The summed E-state index contributed by atoms with van der Waals surface area (Å²) in [5, 5.41) is 9.40. The fourth-order valence-corrected chi connectivity index (χ4v) is 3.87. The van der Waals surface area contributed by atoms with Crippen LogP contribution in [0.1, 0.15) is 19.4 Å². The lowest BCUT2D eigenvalue weighted by molar-refractivity contribution is -0.130. The number of benzene rings is 2. The van der Waals surface area contributed by atoms with E-state index >= 15 is 0 Å². The largest absolute Gasteiger partial charge is 0.335 e. The minimum Gasteiger partial charge on any atom is -0.335 e. The lowest BCUT2D eigenvalue weighted by Crippen LogP contribution is -2.37. The number of rotatable bonds is 9. The highest BCUT2D eigenvalue weighted by Gasteiger charge is 2.20. The Bertz CT molecular complexity index is 938. The Morgan fingerprint density at radius 2 is 1.76 bits per heavy atom. The molecule has 3 rings (SSSR count). The van der Waals surface area contributed by atoms with Crippen molar-refractivity contribution in [3.63, 3.8) is 0 Å². The van der Waals surface area contributed by atoms with Gasteiger partial charge in [-0.2, -0.15) is 0 Å². The fraction of sp³-hybridized carbons (Fsp3) is 0.261. The van der Waals surface area contributed by atoms with Crippen LogP contribution in [0.2, 0.25) is 0 Å². The highest BCUT2D eigenvalue weighted by molar-refractivity contribution is 7.99. The number of carbonyl (C=O) groups excluding carboxylic acids is 1. The molecule has 1 heterocycles. The Morgan fingerprint density at radius 1 is 1.10 bits per heavy atom. The minimum absolute atomic E-state index is 0.0864. The van der Waals surface area contributed by atoms with Gasteiger partial charge in [0.1, 0.15) is 0 Å². The van der Waals surface area contributed by atoms with Gasteiger partial charge in [0.25, 0.3) is 0 Å². The van der Waals surface area contributed by atoms with Gasteiger partial charge in [0.05, 0.1) is 5.75 Å². The van der Waals surface area contributed by atoms with Gasteiger partial charge in [-0.15, -0.1) is 16.8 Å². The maximum Gasteiger partial charge on any atom is 0.233 e. The number of thioether (sulfide) groups is 1. The number of nitrogens with zero attached hydrogens (tertiary/aromatic N) is 4. The Balaban J connectivity index is 1.73. The molecule has 0 aliphatic rings. The molecule has 0 atom stereocenters. The van der Waals surface area contributed by atoms with Gasteiger partial charge < -0.3 is 4.90 Å². The molecule has 0 aliphatic carbocycles. The van der Waals surface area contributed by atoms with Crippen LogP contribution in [0.5, 0.6) is 0 Å². The Kier molecular flexibility index (Phi) is 7.25. The number of aromatic nitrogens is 3. The van der Waals surface area contributed by atoms with E-state index < -0.39 is 0 Å². The highest BCUT2D eigenvalue weighted by atomic mass is 32.2. The van der Waals surface area contributed by atoms with Crippen LogP contribution in [-0.2, 0) is 17.9 Å². The first kappa shape index (κ1) is 20.9. The van der Waals surface area contributed by atoms with E-state index in [9.17, 15) is 4.79 Å². The van der Waals surface area contributed by atoms with Crippen molar-refractivity contribution in [1.29, 1.82) is 0 Å². The Morgan fingerprint density at radius 3 is 2.38 bits per heavy atom. The molecule has 2 aromatic carbocycles. The van der Waals surface area contributed by atoms with Crippen molar-refractivity contribution in [3.8, 4) is 11.4 Å². The predicted octanol–water partition coefficient (Wildman–Crippen LogP) is 4.66. The molecule has 6 heteroatoms. The second-order valence-corrected chi connectivity index (χ2v) is 7.90. The van der Waals surface area contributed by atoms with Gasteiger partial charge in [0, 0.05) is 24.7 Å². The van der Waals surface area contributed by atoms with Crippen LogP contribution in [0, 0.1) is 0 Å². The van der Waals surface area contributed by atoms with Crippen LogP contribution in [0.25, 0.3) is 11.4 Å². The third kappa shape index (κ3) is 5.35. The molecule has 0 N–H and O–H groups in total. The lowest BCUT2D eigenvalue weighted by Gasteiger charge is -2.26. The molecule has 0 saturated carbocycles. The van der Waals surface area contributed by atoms with E-state index in [1.165, 1.54) is 11.8 Å². The molecule has 0 aliphatic heterocycles. The summed E-state index contributed by atoms with van der Waals surface area (Å²) in [5.41, 5.74) is 2.12. The van der Waals surface area contributed by atoms with Crippen LogP contribution in [0.4, 0.5) is 0 Å². The van der Waals surface area contributed by atoms with E-state index in [1.54, 1.807) is 0 Å². The van der Waals surface area contributed by atoms with Gasteiger partial charge in [0.15, 0.2) is 11.0 Å². The molecule has 0 unspecified atom stereocenters. The van der Waals surface area contributed by atoms with E-state index in [-0.39, 0.29) is 11.9 Å².